The zero-order valence-corrected chi connectivity index (χ0v) is 13.4. The summed E-state index contributed by atoms with van der Waals surface area (Å²) < 4.78 is 0. The summed E-state index contributed by atoms with van der Waals surface area (Å²) in [6, 6.07) is 9.53. The minimum atomic E-state index is 0.468. The molecule has 1 N–H and O–H groups in total. The molecule has 0 aliphatic heterocycles. The fourth-order valence-corrected chi connectivity index (χ4v) is 4.49. The van der Waals surface area contributed by atoms with E-state index in [4.69, 9.17) is 4.98 Å². The standard InChI is InChI=1S/C18H22N2S/c1-2-19-15-7-4-8-16-17(15)20-18(21-16)14-6-3-5-13(11-14)12-9-10-12/h3,5-6,11-12,15,19H,2,4,7-10H2,1H3. The molecule has 2 nitrogen and oxygen atoms in total. The van der Waals surface area contributed by atoms with Crippen molar-refractivity contribution in [3.05, 3.63) is 40.4 Å². The van der Waals surface area contributed by atoms with Crippen molar-refractivity contribution in [2.75, 3.05) is 6.54 Å². The minimum absolute atomic E-state index is 0.468. The van der Waals surface area contributed by atoms with Gasteiger partial charge in [-0.1, -0.05) is 25.1 Å². The average Bonchev–Trinajstić information content (AvgIpc) is 3.27. The highest BCUT2D eigenvalue weighted by Crippen LogP contribution is 2.42. The number of nitrogens with zero attached hydrogens (tertiary/aromatic N) is 1. The van der Waals surface area contributed by atoms with Crippen molar-refractivity contribution in [3.63, 3.8) is 0 Å². The molecule has 0 bridgehead atoms. The summed E-state index contributed by atoms with van der Waals surface area (Å²) in [6.45, 7) is 3.20. The number of nitrogens with one attached hydrogen (secondary N) is 1. The number of benzene rings is 1. The lowest BCUT2D eigenvalue weighted by Gasteiger charge is -2.21. The van der Waals surface area contributed by atoms with Crippen LogP contribution in [-0.4, -0.2) is 11.5 Å². The van der Waals surface area contributed by atoms with Crippen molar-refractivity contribution >= 4 is 11.3 Å². The molecule has 0 amide bonds. The molecule has 21 heavy (non-hydrogen) atoms. The van der Waals surface area contributed by atoms with E-state index in [0.29, 0.717) is 6.04 Å². The van der Waals surface area contributed by atoms with Gasteiger partial charge in [0.2, 0.25) is 0 Å². The number of aryl methyl sites for hydroxylation is 1. The molecule has 1 fully saturated rings. The topological polar surface area (TPSA) is 24.9 Å². The molecule has 1 unspecified atom stereocenters. The summed E-state index contributed by atoms with van der Waals surface area (Å²) in [7, 11) is 0. The fourth-order valence-electron chi connectivity index (χ4n) is 3.33. The number of thiazole rings is 1. The van der Waals surface area contributed by atoms with Crippen molar-refractivity contribution in [3.8, 4) is 10.6 Å². The van der Waals surface area contributed by atoms with E-state index in [9.17, 15) is 0 Å². The second kappa shape index (κ2) is 5.54. The third kappa shape index (κ3) is 2.65. The van der Waals surface area contributed by atoms with Gasteiger partial charge in [0.15, 0.2) is 0 Å². The van der Waals surface area contributed by atoms with Crippen LogP contribution in [0.1, 0.15) is 60.7 Å². The number of hydrogen-bond acceptors (Lipinski definition) is 3. The molecular weight excluding hydrogens is 276 g/mol. The summed E-state index contributed by atoms with van der Waals surface area (Å²) in [5.74, 6) is 0.814. The second-order valence-corrected chi connectivity index (χ2v) is 7.31. The first kappa shape index (κ1) is 13.5. The highest BCUT2D eigenvalue weighted by atomic mass is 32.1. The summed E-state index contributed by atoms with van der Waals surface area (Å²) in [4.78, 5) is 6.50. The molecular formula is C18H22N2S. The number of hydrogen-bond donors (Lipinski definition) is 1. The molecule has 0 spiro atoms. The first-order valence-electron chi connectivity index (χ1n) is 8.18. The van der Waals surface area contributed by atoms with Crippen molar-refractivity contribution < 1.29 is 0 Å². The monoisotopic (exact) mass is 298 g/mol. The quantitative estimate of drug-likeness (QED) is 0.887. The Labute approximate surface area is 130 Å². The van der Waals surface area contributed by atoms with Gasteiger partial charge in [0.25, 0.3) is 0 Å². The van der Waals surface area contributed by atoms with E-state index < -0.39 is 0 Å². The molecule has 1 aromatic carbocycles. The lowest BCUT2D eigenvalue weighted by atomic mass is 9.97. The normalized spacial score (nSPS) is 21.3. The van der Waals surface area contributed by atoms with Gasteiger partial charge in [-0.25, -0.2) is 4.98 Å². The van der Waals surface area contributed by atoms with Crippen molar-refractivity contribution in [1.82, 2.24) is 10.3 Å². The second-order valence-electron chi connectivity index (χ2n) is 6.23. The number of fused-ring (bicyclic) bond motifs is 1. The van der Waals surface area contributed by atoms with Gasteiger partial charge in [-0.2, -0.15) is 0 Å². The molecule has 3 heteroatoms. The zero-order valence-electron chi connectivity index (χ0n) is 12.6. The van der Waals surface area contributed by atoms with Gasteiger partial charge in [0.05, 0.1) is 11.7 Å². The summed E-state index contributed by atoms with van der Waals surface area (Å²) in [5.41, 5.74) is 4.14. The molecule has 2 aliphatic rings. The average molecular weight is 298 g/mol. The molecule has 110 valence electrons. The van der Waals surface area contributed by atoms with Crippen LogP contribution in [0.3, 0.4) is 0 Å². The summed E-state index contributed by atoms with van der Waals surface area (Å²) in [6.07, 6.45) is 6.44. The van der Waals surface area contributed by atoms with Crippen LogP contribution in [0.4, 0.5) is 0 Å². The Balaban J connectivity index is 1.68. The molecule has 1 aromatic heterocycles. The van der Waals surface area contributed by atoms with Crippen LogP contribution < -0.4 is 5.32 Å². The van der Waals surface area contributed by atoms with Crippen LogP contribution in [-0.2, 0) is 6.42 Å². The Bertz CT molecular complexity index is 642. The molecule has 2 aromatic rings. The van der Waals surface area contributed by atoms with Gasteiger partial charge in [-0.15, -0.1) is 11.3 Å². The SMILES string of the molecule is CCNC1CCCc2sc(-c3cccc(C4CC4)c3)nc21. The van der Waals surface area contributed by atoms with E-state index in [1.807, 2.05) is 11.3 Å². The van der Waals surface area contributed by atoms with Crippen LogP contribution in [0.15, 0.2) is 24.3 Å². The molecule has 0 radical (unpaired) electrons. The van der Waals surface area contributed by atoms with Crippen LogP contribution in [0, 0.1) is 0 Å². The van der Waals surface area contributed by atoms with Gasteiger partial charge in [0, 0.05) is 10.4 Å². The molecule has 0 saturated heterocycles. The Morgan fingerprint density at radius 1 is 1.29 bits per heavy atom. The van der Waals surface area contributed by atoms with Gasteiger partial charge >= 0.3 is 0 Å². The van der Waals surface area contributed by atoms with Crippen LogP contribution >= 0.6 is 11.3 Å². The third-order valence-electron chi connectivity index (χ3n) is 4.59. The van der Waals surface area contributed by atoms with Crippen LogP contribution in [0.25, 0.3) is 10.6 Å². The Morgan fingerprint density at radius 3 is 3.00 bits per heavy atom. The van der Waals surface area contributed by atoms with Gasteiger partial charge in [-0.3, -0.25) is 0 Å². The fraction of sp³-hybridized carbons (Fsp3) is 0.500. The third-order valence-corrected chi connectivity index (χ3v) is 5.77. The van der Waals surface area contributed by atoms with E-state index in [1.54, 1.807) is 0 Å². The minimum Gasteiger partial charge on any atom is -0.309 e. The lowest BCUT2D eigenvalue weighted by molar-refractivity contribution is 0.465. The molecule has 1 saturated carbocycles. The Morgan fingerprint density at radius 2 is 2.19 bits per heavy atom. The maximum Gasteiger partial charge on any atom is 0.123 e. The molecule has 4 rings (SSSR count). The van der Waals surface area contributed by atoms with Gasteiger partial charge in [0.1, 0.15) is 5.01 Å². The first-order valence-corrected chi connectivity index (χ1v) is 9.00. The van der Waals surface area contributed by atoms with Crippen molar-refractivity contribution in [2.45, 2.75) is 51.0 Å². The summed E-state index contributed by atoms with van der Waals surface area (Å²) >= 11 is 1.91. The van der Waals surface area contributed by atoms with Gasteiger partial charge in [-0.05, 0) is 56.2 Å². The Kier molecular flexibility index (Phi) is 3.56. The van der Waals surface area contributed by atoms with E-state index in [1.165, 1.54) is 58.8 Å². The van der Waals surface area contributed by atoms with Crippen LogP contribution in [0.5, 0.6) is 0 Å². The van der Waals surface area contributed by atoms with E-state index in [2.05, 4.69) is 36.5 Å². The van der Waals surface area contributed by atoms with E-state index in [-0.39, 0.29) is 0 Å². The highest BCUT2D eigenvalue weighted by Gasteiger charge is 2.26. The predicted octanol–water partition coefficient (Wildman–Crippen LogP) is 4.67. The zero-order chi connectivity index (χ0) is 14.2. The number of aromatic nitrogens is 1. The lowest BCUT2D eigenvalue weighted by Crippen LogP contribution is -2.24. The smallest absolute Gasteiger partial charge is 0.123 e. The number of rotatable bonds is 4. The van der Waals surface area contributed by atoms with Crippen LogP contribution in [0.2, 0.25) is 0 Å². The predicted molar refractivity (Wildman–Crippen MR) is 88.9 cm³/mol. The molecule has 2 aliphatic carbocycles. The maximum absolute atomic E-state index is 5.00. The maximum atomic E-state index is 5.00. The molecule has 1 atom stereocenters. The van der Waals surface area contributed by atoms with E-state index >= 15 is 0 Å². The largest absolute Gasteiger partial charge is 0.309 e. The van der Waals surface area contributed by atoms with Crippen molar-refractivity contribution in [1.29, 1.82) is 0 Å². The molecule has 1 heterocycles. The van der Waals surface area contributed by atoms with Gasteiger partial charge < -0.3 is 5.32 Å². The summed E-state index contributed by atoms with van der Waals surface area (Å²) in [5, 5.41) is 4.80. The van der Waals surface area contributed by atoms with Crippen molar-refractivity contribution in [2.24, 2.45) is 0 Å². The first-order chi connectivity index (χ1) is 10.3. The highest BCUT2D eigenvalue weighted by molar-refractivity contribution is 7.15. The Hall–Kier alpha value is -1.19. The van der Waals surface area contributed by atoms with E-state index in [0.717, 1.165) is 12.5 Å².